The first-order valence-electron chi connectivity index (χ1n) is 6.48. The Bertz CT molecular complexity index is 374. The van der Waals surface area contributed by atoms with E-state index >= 15 is 0 Å². The third kappa shape index (κ3) is 5.19. The van der Waals surface area contributed by atoms with Crippen LogP contribution in [-0.4, -0.2) is 23.7 Å². The van der Waals surface area contributed by atoms with Crippen LogP contribution in [0.1, 0.15) is 37.1 Å². The van der Waals surface area contributed by atoms with Crippen molar-refractivity contribution < 1.29 is 9.90 Å². The topological polar surface area (TPSA) is 49.3 Å². The molecular formula is C14H23NO2S. The smallest absolute Gasteiger partial charge is 0.220 e. The highest BCUT2D eigenvalue weighted by atomic mass is 32.1. The van der Waals surface area contributed by atoms with Gasteiger partial charge in [0, 0.05) is 17.8 Å². The monoisotopic (exact) mass is 269 g/mol. The Morgan fingerprint density at radius 3 is 2.78 bits per heavy atom. The zero-order valence-corrected chi connectivity index (χ0v) is 12.2. The third-order valence-electron chi connectivity index (χ3n) is 3.05. The molecule has 0 aliphatic carbocycles. The Labute approximate surface area is 113 Å². The lowest BCUT2D eigenvalue weighted by molar-refractivity contribution is -0.121. The van der Waals surface area contributed by atoms with Crippen LogP contribution in [0.2, 0.25) is 0 Å². The number of aryl methyl sites for hydroxylation is 2. The molecule has 0 bridgehead atoms. The summed E-state index contributed by atoms with van der Waals surface area (Å²) in [6, 6.07) is 2.11. The van der Waals surface area contributed by atoms with Gasteiger partial charge in [-0.15, -0.1) is 11.3 Å². The maximum absolute atomic E-state index is 11.6. The number of hydrogen-bond acceptors (Lipinski definition) is 3. The molecule has 1 aromatic rings. The van der Waals surface area contributed by atoms with Crippen molar-refractivity contribution in [1.29, 1.82) is 0 Å². The molecule has 0 spiro atoms. The van der Waals surface area contributed by atoms with Crippen LogP contribution in [0, 0.1) is 12.8 Å². The summed E-state index contributed by atoms with van der Waals surface area (Å²) < 4.78 is 0. The molecule has 102 valence electrons. The van der Waals surface area contributed by atoms with Crippen LogP contribution in [0.15, 0.2) is 11.4 Å². The fourth-order valence-corrected chi connectivity index (χ4v) is 2.56. The number of aliphatic hydroxyl groups excluding tert-OH is 1. The van der Waals surface area contributed by atoms with E-state index in [2.05, 4.69) is 23.7 Å². The molecule has 0 fully saturated rings. The lowest BCUT2D eigenvalue weighted by Gasteiger charge is -2.14. The van der Waals surface area contributed by atoms with E-state index in [0.29, 0.717) is 13.0 Å². The largest absolute Gasteiger partial charge is 0.391 e. The molecule has 1 aromatic heterocycles. The quantitative estimate of drug-likeness (QED) is 0.799. The lowest BCUT2D eigenvalue weighted by atomic mass is 10.1. The predicted molar refractivity (Wildman–Crippen MR) is 75.8 cm³/mol. The van der Waals surface area contributed by atoms with E-state index in [1.165, 1.54) is 10.4 Å². The molecule has 0 aliphatic rings. The maximum atomic E-state index is 11.6. The fourth-order valence-electron chi connectivity index (χ4n) is 1.61. The molecule has 0 saturated carbocycles. The van der Waals surface area contributed by atoms with E-state index in [9.17, 15) is 9.90 Å². The van der Waals surface area contributed by atoms with E-state index in [-0.39, 0.29) is 11.8 Å². The first-order valence-corrected chi connectivity index (χ1v) is 7.36. The van der Waals surface area contributed by atoms with Crippen LogP contribution >= 0.6 is 11.3 Å². The first kappa shape index (κ1) is 15.2. The summed E-state index contributed by atoms with van der Waals surface area (Å²) in [5, 5.41) is 14.4. The second kappa shape index (κ2) is 7.54. The van der Waals surface area contributed by atoms with Crippen LogP contribution < -0.4 is 5.32 Å². The predicted octanol–water partition coefficient (Wildman–Crippen LogP) is 2.51. The van der Waals surface area contributed by atoms with Crippen LogP contribution in [0.5, 0.6) is 0 Å². The summed E-state index contributed by atoms with van der Waals surface area (Å²) in [6.45, 7) is 6.34. The van der Waals surface area contributed by atoms with Crippen LogP contribution in [0.3, 0.4) is 0 Å². The zero-order chi connectivity index (χ0) is 13.5. The van der Waals surface area contributed by atoms with Gasteiger partial charge in [0.15, 0.2) is 0 Å². The Kier molecular flexibility index (Phi) is 6.36. The Morgan fingerprint density at radius 2 is 2.22 bits per heavy atom. The number of aliphatic hydroxyl groups is 1. The zero-order valence-electron chi connectivity index (χ0n) is 11.4. The highest BCUT2D eigenvalue weighted by Gasteiger charge is 2.10. The fraction of sp³-hybridized carbons (Fsp3) is 0.643. The van der Waals surface area contributed by atoms with Crippen molar-refractivity contribution in [2.45, 2.75) is 46.1 Å². The van der Waals surface area contributed by atoms with E-state index in [1.54, 1.807) is 11.3 Å². The normalized spacial score (nSPS) is 12.7. The van der Waals surface area contributed by atoms with Crippen molar-refractivity contribution in [3.8, 4) is 0 Å². The number of amides is 1. The van der Waals surface area contributed by atoms with Gasteiger partial charge in [-0.05, 0) is 42.7 Å². The molecule has 0 saturated heterocycles. The first-order chi connectivity index (χ1) is 8.50. The van der Waals surface area contributed by atoms with Crippen molar-refractivity contribution in [2.24, 2.45) is 5.92 Å². The molecule has 1 amide bonds. The van der Waals surface area contributed by atoms with Crippen LogP contribution in [-0.2, 0) is 11.2 Å². The standard InChI is InChI=1S/C14H23NO2S/c1-10(2)12(16)9-15-14(17)6-4-5-13-11(3)7-8-18-13/h7-8,10,12,16H,4-6,9H2,1-3H3,(H,15,17). The van der Waals surface area contributed by atoms with E-state index < -0.39 is 6.10 Å². The van der Waals surface area contributed by atoms with Gasteiger partial charge in [-0.25, -0.2) is 0 Å². The molecule has 1 unspecified atom stereocenters. The van der Waals surface area contributed by atoms with Crippen LogP contribution in [0.4, 0.5) is 0 Å². The Morgan fingerprint density at radius 1 is 1.50 bits per heavy atom. The highest BCUT2D eigenvalue weighted by molar-refractivity contribution is 7.10. The molecule has 1 heterocycles. The summed E-state index contributed by atoms with van der Waals surface area (Å²) in [4.78, 5) is 12.9. The van der Waals surface area contributed by atoms with Crippen molar-refractivity contribution >= 4 is 17.2 Å². The van der Waals surface area contributed by atoms with Gasteiger partial charge in [0.05, 0.1) is 6.10 Å². The lowest BCUT2D eigenvalue weighted by Crippen LogP contribution is -2.34. The summed E-state index contributed by atoms with van der Waals surface area (Å²) in [5.41, 5.74) is 1.32. The van der Waals surface area contributed by atoms with Gasteiger partial charge in [0.2, 0.25) is 5.91 Å². The van der Waals surface area contributed by atoms with Gasteiger partial charge in [0.1, 0.15) is 0 Å². The minimum atomic E-state index is -0.450. The molecular weight excluding hydrogens is 246 g/mol. The van der Waals surface area contributed by atoms with Crippen molar-refractivity contribution in [2.75, 3.05) is 6.54 Å². The van der Waals surface area contributed by atoms with E-state index in [0.717, 1.165) is 12.8 Å². The maximum Gasteiger partial charge on any atom is 0.220 e. The summed E-state index contributed by atoms with van der Waals surface area (Å²) in [6.07, 6.45) is 1.91. The number of carbonyl (C=O) groups is 1. The highest BCUT2D eigenvalue weighted by Crippen LogP contribution is 2.17. The van der Waals surface area contributed by atoms with Crippen LogP contribution in [0.25, 0.3) is 0 Å². The average molecular weight is 269 g/mol. The molecule has 1 atom stereocenters. The molecule has 0 radical (unpaired) electrons. The van der Waals surface area contributed by atoms with Gasteiger partial charge in [0.25, 0.3) is 0 Å². The Hall–Kier alpha value is -0.870. The SMILES string of the molecule is Cc1ccsc1CCCC(=O)NCC(O)C(C)C. The van der Waals surface area contributed by atoms with Gasteiger partial charge >= 0.3 is 0 Å². The molecule has 2 N–H and O–H groups in total. The second-order valence-electron chi connectivity index (χ2n) is 5.00. The summed E-state index contributed by atoms with van der Waals surface area (Å²) in [7, 11) is 0. The number of carbonyl (C=O) groups excluding carboxylic acids is 1. The van der Waals surface area contributed by atoms with Gasteiger partial charge in [-0.2, -0.15) is 0 Å². The van der Waals surface area contributed by atoms with Crippen molar-refractivity contribution in [3.63, 3.8) is 0 Å². The minimum Gasteiger partial charge on any atom is -0.391 e. The third-order valence-corrected chi connectivity index (χ3v) is 4.14. The second-order valence-corrected chi connectivity index (χ2v) is 6.00. The number of nitrogens with one attached hydrogen (secondary N) is 1. The number of hydrogen-bond donors (Lipinski definition) is 2. The summed E-state index contributed by atoms with van der Waals surface area (Å²) >= 11 is 1.75. The van der Waals surface area contributed by atoms with E-state index in [4.69, 9.17) is 0 Å². The number of thiophene rings is 1. The van der Waals surface area contributed by atoms with Crippen molar-refractivity contribution in [1.82, 2.24) is 5.32 Å². The summed E-state index contributed by atoms with van der Waals surface area (Å²) in [5.74, 6) is 0.211. The van der Waals surface area contributed by atoms with Gasteiger partial charge < -0.3 is 10.4 Å². The number of rotatable bonds is 7. The van der Waals surface area contributed by atoms with Gasteiger partial charge in [-0.3, -0.25) is 4.79 Å². The van der Waals surface area contributed by atoms with E-state index in [1.807, 2.05) is 13.8 Å². The molecule has 0 aliphatic heterocycles. The average Bonchev–Trinajstić information content (AvgIpc) is 2.72. The molecule has 0 aromatic carbocycles. The molecule has 18 heavy (non-hydrogen) atoms. The molecule has 1 rings (SSSR count). The van der Waals surface area contributed by atoms with Crippen molar-refractivity contribution in [3.05, 3.63) is 21.9 Å². The van der Waals surface area contributed by atoms with Gasteiger partial charge in [-0.1, -0.05) is 13.8 Å². The minimum absolute atomic E-state index is 0.0314. The molecule has 3 nitrogen and oxygen atoms in total. The molecule has 4 heteroatoms. The Balaban J connectivity index is 2.16.